The van der Waals surface area contributed by atoms with Crippen molar-refractivity contribution in [2.45, 2.75) is 13.3 Å². The van der Waals surface area contributed by atoms with E-state index in [0.29, 0.717) is 28.7 Å². The maximum absolute atomic E-state index is 5.61. The number of nitrogens with one attached hydrogen (secondary N) is 2. The summed E-state index contributed by atoms with van der Waals surface area (Å²) in [5.74, 6) is 1.51. The van der Waals surface area contributed by atoms with Crippen molar-refractivity contribution >= 4 is 39.1 Å². The zero-order chi connectivity index (χ0) is 15.8. The van der Waals surface area contributed by atoms with Crippen LogP contribution in [-0.2, 0) is 6.42 Å². The molecule has 0 aliphatic rings. The number of aromatic nitrogens is 2. The van der Waals surface area contributed by atoms with Crippen LogP contribution in [-0.4, -0.2) is 28.2 Å². The van der Waals surface area contributed by atoms with Gasteiger partial charge in [-0.05, 0) is 53.1 Å². The van der Waals surface area contributed by atoms with Gasteiger partial charge in [0.05, 0.1) is 6.61 Å². The molecule has 1 aromatic carbocycles. The fraction of sp³-hybridized carbons (Fsp3) is 0.267. The van der Waals surface area contributed by atoms with Crippen molar-refractivity contribution in [2.75, 3.05) is 18.5 Å². The minimum atomic E-state index is 0.509. The van der Waals surface area contributed by atoms with E-state index in [-0.39, 0.29) is 0 Å². The molecule has 2 aromatic rings. The highest BCUT2D eigenvalue weighted by Gasteiger charge is 2.05. The van der Waals surface area contributed by atoms with Crippen LogP contribution in [0.15, 0.2) is 41.3 Å². The first-order valence-electron chi connectivity index (χ1n) is 6.92. The molecule has 0 aliphatic carbocycles. The largest absolute Gasteiger partial charge is 0.494 e. The second-order valence-corrected chi connectivity index (χ2v) is 5.53. The first-order chi connectivity index (χ1) is 10.7. The molecular weight excluding hydrogens is 364 g/mol. The summed E-state index contributed by atoms with van der Waals surface area (Å²) in [5.41, 5.74) is 1.15. The number of para-hydroxylation sites is 1. The number of benzene rings is 1. The average Bonchev–Trinajstić information content (AvgIpc) is 2.51. The van der Waals surface area contributed by atoms with Crippen LogP contribution in [0.25, 0.3) is 0 Å². The number of rotatable bonds is 6. The fourth-order valence-electron chi connectivity index (χ4n) is 1.87. The predicted molar refractivity (Wildman–Crippen MR) is 95.3 cm³/mol. The molecule has 2 N–H and O–H groups in total. The molecule has 0 saturated heterocycles. The molecular formula is C15H17BrN4OS. The third-order valence-corrected chi connectivity index (χ3v) is 3.66. The lowest BCUT2D eigenvalue weighted by molar-refractivity contribution is 0.336. The third-order valence-electron chi connectivity index (χ3n) is 2.84. The molecule has 116 valence electrons. The van der Waals surface area contributed by atoms with Crippen LogP contribution < -0.4 is 15.4 Å². The fourth-order valence-corrected chi connectivity index (χ4v) is 2.39. The molecule has 7 heteroatoms. The Kier molecular flexibility index (Phi) is 6.54. The Labute approximate surface area is 143 Å². The Morgan fingerprint density at radius 1 is 1.27 bits per heavy atom. The molecule has 0 aliphatic heterocycles. The first kappa shape index (κ1) is 16.6. The molecule has 1 aromatic heterocycles. The van der Waals surface area contributed by atoms with Crippen molar-refractivity contribution in [1.82, 2.24) is 15.3 Å². The Hall–Kier alpha value is -1.73. The monoisotopic (exact) mass is 380 g/mol. The van der Waals surface area contributed by atoms with Crippen LogP contribution in [0.3, 0.4) is 0 Å². The van der Waals surface area contributed by atoms with E-state index < -0.39 is 0 Å². The quantitative estimate of drug-likeness (QED) is 0.750. The maximum Gasteiger partial charge on any atom is 0.172 e. The van der Waals surface area contributed by atoms with E-state index in [0.717, 1.165) is 17.7 Å². The lowest BCUT2D eigenvalue weighted by Gasteiger charge is -2.12. The smallest absolute Gasteiger partial charge is 0.172 e. The minimum absolute atomic E-state index is 0.509. The van der Waals surface area contributed by atoms with Crippen LogP contribution >= 0.6 is 28.1 Å². The van der Waals surface area contributed by atoms with Gasteiger partial charge in [-0.3, -0.25) is 0 Å². The highest BCUT2D eigenvalue weighted by Crippen LogP contribution is 2.18. The molecule has 2 rings (SSSR count). The summed E-state index contributed by atoms with van der Waals surface area (Å²) >= 11 is 8.57. The second kappa shape index (κ2) is 8.65. The summed E-state index contributed by atoms with van der Waals surface area (Å²) in [6.45, 7) is 3.34. The van der Waals surface area contributed by atoms with Gasteiger partial charge in [0.25, 0.3) is 0 Å². The Morgan fingerprint density at radius 3 is 2.82 bits per heavy atom. The Morgan fingerprint density at radius 2 is 2.05 bits per heavy atom. The molecule has 22 heavy (non-hydrogen) atoms. The zero-order valence-electron chi connectivity index (χ0n) is 12.2. The number of thiocarbonyl (C=S) groups is 1. The van der Waals surface area contributed by atoms with Gasteiger partial charge in [-0.2, -0.15) is 0 Å². The molecule has 0 spiro atoms. The predicted octanol–water partition coefficient (Wildman–Crippen LogP) is 3.17. The van der Waals surface area contributed by atoms with Crippen molar-refractivity contribution in [3.8, 4) is 5.75 Å². The zero-order valence-corrected chi connectivity index (χ0v) is 14.6. The Balaban J connectivity index is 1.84. The van der Waals surface area contributed by atoms with Crippen molar-refractivity contribution < 1.29 is 4.74 Å². The SMILES string of the molecule is CCOc1ccccc1CCNC(=S)Nc1nccnc1Br. The standard InChI is InChI=1S/C15H17BrN4OS/c1-2-21-12-6-4-3-5-11(12)7-8-19-15(22)20-14-13(16)17-9-10-18-14/h3-6,9-10H,2,7-8H2,1H3,(H2,18,19,20,22). The van der Waals surface area contributed by atoms with E-state index in [4.69, 9.17) is 17.0 Å². The van der Waals surface area contributed by atoms with E-state index in [9.17, 15) is 0 Å². The number of hydrogen-bond acceptors (Lipinski definition) is 4. The summed E-state index contributed by atoms with van der Waals surface area (Å²) < 4.78 is 6.23. The van der Waals surface area contributed by atoms with Gasteiger partial charge in [-0.1, -0.05) is 18.2 Å². The Bertz CT molecular complexity index is 638. The lowest BCUT2D eigenvalue weighted by Crippen LogP contribution is -2.30. The maximum atomic E-state index is 5.61. The second-order valence-electron chi connectivity index (χ2n) is 4.37. The van der Waals surface area contributed by atoms with E-state index in [1.54, 1.807) is 12.4 Å². The third kappa shape index (κ3) is 4.92. The first-order valence-corrected chi connectivity index (χ1v) is 8.13. The number of hydrogen-bond donors (Lipinski definition) is 2. The van der Waals surface area contributed by atoms with Crippen molar-refractivity contribution in [3.63, 3.8) is 0 Å². The van der Waals surface area contributed by atoms with Crippen LogP contribution in [0.1, 0.15) is 12.5 Å². The van der Waals surface area contributed by atoms with Gasteiger partial charge in [0, 0.05) is 18.9 Å². The summed E-state index contributed by atoms with van der Waals surface area (Å²) in [4.78, 5) is 8.23. The highest BCUT2D eigenvalue weighted by atomic mass is 79.9. The van der Waals surface area contributed by atoms with E-state index in [2.05, 4.69) is 42.6 Å². The number of halogens is 1. The van der Waals surface area contributed by atoms with Gasteiger partial charge in [0.2, 0.25) is 0 Å². The van der Waals surface area contributed by atoms with Gasteiger partial charge in [-0.15, -0.1) is 0 Å². The number of anilines is 1. The summed E-state index contributed by atoms with van der Waals surface area (Å²) in [6, 6.07) is 8.01. The molecule has 0 atom stereocenters. The van der Waals surface area contributed by atoms with Crippen LogP contribution in [0, 0.1) is 0 Å². The summed E-state index contributed by atoms with van der Waals surface area (Å²) in [5, 5.41) is 6.67. The molecule has 0 saturated carbocycles. The van der Waals surface area contributed by atoms with E-state index in [1.165, 1.54) is 0 Å². The topological polar surface area (TPSA) is 59.1 Å². The van der Waals surface area contributed by atoms with Gasteiger partial charge >= 0.3 is 0 Å². The van der Waals surface area contributed by atoms with Gasteiger partial charge in [-0.25, -0.2) is 9.97 Å². The molecule has 0 radical (unpaired) electrons. The van der Waals surface area contributed by atoms with Crippen LogP contribution in [0.5, 0.6) is 5.75 Å². The van der Waals surface area contributed by atoms with Crippen LogP contribution in [0.2, 0.25) is 0 Å². The van der Waals surface area contributed by atoms with E-state index in [1.807, 2.05) is 25.1 Å². The van der Waals surface area contributed by atoms with E-state index >= 15 is 0 Å². The number of ether oxygens (including phenoxy) is 1. The normalized spacial score (nSPS) is 10.1. The number of nitrogens with zero attached hydrogens (tertiary/aromatic N) is 2. The lowest BCUT2D eigenvalue weighted by atomic mass is 10.1. The van der Waals surface area contributed by atoms with Gasteiger partial charge in [0.15, 0.2) is 10.9 Å². The molecule has 1 heterocycles. The van der Waals surface area contributed by atoms with Crippen LogP contribution in [0.4, 0.5) is 5.82 Å². The molecule has 5 nitrogen and oxygen atoms in total. The van der Waals surface area contributed by atoms with Crippen molar-refractivity contribution in [3.05, 3.63) is 46.8 Å². The minimum Gasteiger partial charge on any atom is -0.494 e. The van der Waals surface area contributed by atoms with Gasteiger partial charge < -0.3 is 15.4 Å². The summed E-state index contributed by atoms with van der Waals surface area (Å²) in [7, 11) is 0. The molecule has 0 fully saturated rings. The summed E-state index contributed by atoms with van der Waals surface area (Å²) in [6.07, 6.45) is 4.03. The molecule has 0 unspecified atom stereocenters. The van der Waals surface area contributed by atoms with Crippen molar-refractivity contribution in [2.24, 2.45) is 0 Å². The van der Waals surface area contributed by atoms with Gasteiger partial charge in [0.1, 0.15) is 10.4 Å². The average molecular weight is 381 g/mol. The molecule has 0 amide bonds. The highest BCUT2D eigenvalue weighted by molar-refractivity contribution is 9.10. The van der Waals surface area contributed by atoms with Crippen molar-refractivity contribution in [1.29, 1.82) is 0 Å². The molecule has 0 bridgehead atoms.